The van der Waals surface area contributed by atoms with E-state index in [0.717, 1.165) is 72.0 Å². The van der Waals surface area contributed by atoms with E-state index >= 15 is 0 Å². The highest BCUT2D eigenvalue weighted by molar-refractivity contribution is 6.20. The fourth-order valence-electron chi connectivity index (χ4n) is 8.05. The number of furan rings is 1. The van der Waals surface area contributed by atoms with Crippen molar-refractivity contribution in [2.24, 2.45) is 4.99 Å². The van der Waals surface area contributed by atoms with Gasteiger partial charge in [0.15, 0.2) is 5.58 Å². The van der Waals surface area contributed by atoms with E-state index in [0.29, 0.717) is 0 Å². The summed E-state index contributed by atoms with van der Waals surface area (Å²) in [7, 11) is 0. The van der Waals surface area contributed by atoms with Gasteiger partial charge in [0.25, 0.3) is 0 Å². The summed E-state index contributed by atoms with van der Waals surface area (Å²) in [5.74, 6) is 0.794. The Morgan fingerprint density at radius 1 is 0.500 bits per heavy atom. The molecule has 246 valence electrons. The number of nitrogens with one attached hydrogen (secondary N) is 1. The standard InChI is InChI=1S/C47H31N4O/c1-3-14-30(15-4-1)45-48-46(31-16-5-2-6-17-31)50-47(49-45)34-26-39-37-24-23-29-13-9-10-20-35(29)43(37)52-44(39)42(28-34)51-40-22-12-11-21-36(40)38-25-32-18-7-8-19-33(32)27-41(38)51/h1-28,45-46H,(H,49,50)/q-1. The van der Waals surface area contributed by atoms with Gasteiger partial charge in [-0.25, -0.2) is 0 Å². The van der Waals surface area contributed by atoms with Crippen molar-refractivity contribution in [2.75, 3.05) is 0 Å². The largest absolute Gasteiger partial charge is 0.613 e. The molecule has 0 radical (unpaired) electrons. The van der Waals surface area contributed by atoms with Gasteiger partial charge in [0.1, 0.15) is 11.4 Å². The average Bonchev–Trinajstić information content (AvgIpc) is 3.76. The minimum atomic E-state index is -0.369. The van der Waals surface area contributed by atoms with E-state index < -0.39 is 0 Å². The maximum absolute atomic E-state index is 7.03. The maximum Gasteiger partial charge on any atom is 0.159 e. The number of rotatable bonds is 4. The lowest BCUT2D eigenvalue weighted by Crippen LogP contribution is -2.34. The average molecular weight is 668 g/mol. The summed E-state index contributed by atoms with van der Waals surface area (Å²) >= 11 is 0. The molecule has 8 aromatic carbocycles. The highest BCUT2D eigenvalue weighted by Crippen LogP contribution is 2.43. The van der Waals surface area contributed by atoms with Gasteiger partial charge in [-0.1, -0.05) is 133 Å². The Labute approximate surface area is 299 Å². The molecule has 10 aromatic rings. The number of aromatic nitrogens is 1. The van der Waals surface area contributed by atoms with Crippen LogP contribution in [0.2, 0.25) is 0 Å². The van der Waals surface area contributed by atoms with Crippen molar-refractivity contribution in [3.63, 3.8) is 0 Å². The molecule has 1 N–H and O–H groups in total. The first-order valence-corrected chi connectivity index (χ1v) is 17.7. The quantitative estimate of drug-likeness (QED) is 0.203. The Morgan fingerprint density at radius 2 is 1.17 bits per heavy atom. The fraction of sp³-hybridized carbons (Fsp3) is 0.0426. The Hall–Kier alpha value is -6.69. The first-order valence-electron chi connectivity index (χ1n) is 17.7. The lowest BCUT2D eigenvalue weighted by molar-refractivity contribution is 0.631. The zero-order valence-electron chi connectivity index (χ0n) is 28.1. The molecule has 5 heteroatoms. The summed E-state index contributed by atoms with van der Waals surface area (Å²) in [5.41, 5.74) is 8.05. The second-order valence-corrected chi connectivity index (χ2v) is 13.6. The maximum atomic E-state index is 7.03. The highest BCUT2D eigenvalue weighted by atomic mass is 16.3. The summed E-state index contributed by atoms with van der Waals surface area (Å²) in [4.78, 5) is 5.31. The number of fused-ring (bicyclic) bond motifs is 9. The van der Waals surface area contributed by atoms with Crippen molar-refractivity contribution in [1.82, 2.24) is 9.88 Å². The van der Waals surface area contributed by atoms with Crippen LogP contribution in [0.15, 0.2) is 179 Å². The Balaban J connectivity index is 1.23. The lowest BCUT2D eigenvalue weighted by atomic mass is 10.0. The van der Waals surface area contributed by atoms with Gasteiger partial charge in [-0.3, -0.25) is 4.99 Å². The third kappa shape index (κ3) is 4.50. The van der Waals surface area contributed by atoms with Crippen LogP contribution < -0.4 is 5.32 Å². The molecule has 0 aliphatic carbocycles. The molecule has 5 nitrogen and oxygen atoms in total. The normalized spacial score (nSPS) is 16.3. The van der Waals surface area contributed by atoms with Crippen LogP contribution in [-0.2, 0) is 0 Å². The van der Waals surface area contributed by atoms with Gasteiger partial charge in [-0.2, -0.15) is 0 Å². The van der Waals surface area contributed by atoms with Crippen molar-refractivity contribution >= 4 is 71.1 Å². The number of nitrogens with zero attached hydrogens (tertiary/aromatic N) is 3. The van der Waals surface area contributed by atoms with Crippen molar-refractivity contribution < 1.29 is 4.42 Å². The number of amidine groups is 1. The van der Waals surface area contributed by atoms with Gasteiger partial charge < -0.3 is 19.6 Å². The number of aliphatic imine (C=N–C) groups is 1. The molecule has 2 unspecified atom stereocenters. The first kappa shape index (κ1) is 29.1. The van der Waals surface area contributed by atoms with Gasteiger partial charge in [0.05, 0.1) is 16.7 Å². The highest BCUT2D eigenvalue weighted by Gasteiger charge is 2.23. The second-order valence-electron chi connectivity index (χ2n) is 13.6. The number of hydrogen-bond donors (Lipinski definition) is 1. The minimum absolute atomic E-state index is 0.275. The molecule has 0 saturated heterocycles. The minimum Gasteiger partial charge on any atom is -0.613 e. The van der Waals surface area contributed by atoms with Crippen LogP contribution in [0.1, 0.15) is 29.0 Å². The first-order chi connectivity index (χ1) is 25.8. The van der Waals surface area contributed by atoms with Crippen LogP contribution in [0.3, 0.4) is 0 Å². The van der Waals surface area contributed by atoms with Gasteiger partial charge in [-0.15, -0.1) is 0 Å². The zero-order valence-corrected chi connectivity index (χ0v) is 28.1. The van der Waals surface area contributed by atoms with Crippen LogP contribution in [0.5, 0.6) is 0 Å². The third-order valence-electron chi connectivity index (χ3n) is 10.5. The predicted octanol–water partition coefficient (Wildman–Crippen LogP) is 12.1. The molecule has 2 atom stereocenters. The smallest absolute Gasteiger partial charge is 0.159 e. The van der Waals surface area contributed by atoms with Gasteiger partial charge in [0.2, 0.25) is 0 Å². The molecule has 52 heavy (non-hydrogen) atoms. The summed E-state index contributed by atoms with van der Waals surface area (Å²) in [6.45, 7) is 0. The predicted molar refractivity (Wildman–Crippen MR) is 214 cm³/mol. The molecule has 0 bridgehead atoms. The molecule has 0 amide bonds. The van der Waals surface area contributed by atoms with Crippen LogP contribution in [0.4, 0.5) is 0 Å². The Kier molecular flexibility index (Phi) is 6.39. The van der Waals surface area contributed by atoms with E-state index in [1.807, 2.05) is 12.1 Å². The molecule has 0 spiro atoms. The summed E-state index contributed by atoms with van der Waals surface area (Å²) in [6.07, 6.45) is -0.644. The second kappa shape index (κ2) is 11.4. The van der Waals surface area contributed by atoms with Gasteiger partial charge in [-0.05, 0) is 76.0 Å². The molecular weight excluding hydrogens is 637 g/mol. The van der Waals surface area contributed by atoms with E-state index in [4.69, 9.17) is 14.7 Å². The van der Waals surface area contributed by atoms with Crippen LogP contribution >= 0.6 is 0 Å². The topological polar surface area (TPSA) is 56.6 Å². The van der Waals surface area contributed by atoms with Crippen molar-refractivity contribution in [3.8, 4) is 5.69 Å². The molecule has 1 aliphatic rings. The SMILES string of the molecule is c1ccc(C2N=C(c3cc(-n4c5ccccc5c5cc6ccccc6cc54)c4oc5c6ccccc6ccc5c4c3)NC(c3ccccc3)[N-]2)cc1. The molecular formula is C47H31N4O-. The Bertz CT molecular complexity index is 3030. The molecule has 2 aromatic heterocycles. The van der Waals surface area contributed by atoms with Crippen LogP contribution in [-0.4, -0.2) is 10.4 Å². The number of benzene rings is 8. The van der Waals surface area contributed by atoms with Crippen molar-refractivity contribution in [2.45, 2.75) is 12.3 Å². The number of para-hydroxylation sites is 1. The Morgan fingerprint density at radius 3 is 1.98 bits per heavy atom. The van der Waals surface area contributed by atoms with E-state index in [-0.39, 0.29) is 12.3 Å². The zero-order chi connectivity index (χ0) is 34.2. The van der Waals surface area contributed by atoms with Gasteiger partial charge in [0, 0.05) is 32.5 Å². The van der Waals surface area contributed by atoms with E-state index in [2.05, 4.69) is 168 Å². The monoisotopic (exact) mass is 667 g/mol. The van der Waals surface area contributed by atoms with E-state index in [9.17, 15) is 0 Å². The molecule has 0 saturated carbocycles. The summed E-state index contributed by atoms with van der Waals surface area (Å²) in [5, 5.41) is 18.1. The molecule has 1 aliphatic heterocycles. The fourth-order valence-corrected chi connectivity index (χ4v) is 8.05. The lowest BCUT2D eigenvalue weighted by Gasteiger charge is -2.44. The van der Waals surface area contributed by atoms with Crippen molar-refractivity contribution in [3.05, 3.63) is 192 Å². The van der Waals surface area contributed by atoms with E-state index in [1.54, 1.807) is 0 Å². The van der Waals surface area contributed by atoms with Gasteiger partial charge >= 0.3 is 0 Å². The third-order valence-corrected chi connectivity index (χ3v) is 10.5. The number of hydrogen-bond acceptors (Lipinski definition) is 3. The molecule has 11 rings (SSSR count). The van der Waals surface area contributed by atoms with E-state index in [1.165, 1.54) is 21.5 Å². The molecule has 3 heterocycles. The van der Waals surface area contributed by atoms with Crippen molar-refractivity contribution in [1.29, 1.82) is 0 Å². The van der Waals surface area contributed by atoms with Crippen LogP contribution in [0.25, 0.3) is 76.3 Å². The van der Waals surface area contributed by atoms with Crippen LogP contribution in [0, 0.1) is 0 Å². The molecule has 0 fully saturated rings. The summed E-state index contributed by atoms with van der Waals surface area (Å²) in [6, 6.07) is 60.0. The summed E-state index contributed by atoms with van der Waals surface area (Å²) < 4.78 is 9.41.